The third kappa shape index (κ3) is 5.44. The summed E-state index contributed by atoms with van der Waals surface area (Å²) in [7, 11) is 0. The monoisotopic (exact) mass is 359 g/mol. The van der Waals surface area contributed by atoms with Crippen molar-refractivity contribution in [1.82, 2.24) is 5.32 Å². The van der Waals surface area contributed by atoms with Crippen LogP contribution in [0.25, 0.3) is 0 Å². The molecule has 0 saturated carbocycles. The Morgan fingerprint density at radius 3 is 2.60 bits per heavy atom. The molecule has 140 valence electrons. The lowest BCUT2D eigenvalue weighted by molar-refractivity contribution is -0.137. The molecule has 0 radical (unpaired) electrons. The van der Waals surface area contributed by atoms with Crippen molar-refractivity contribution in [2.45, 2.75) is 51.4 Å². The van der Waals surface area contributed by atoms with E-state index < -0.39 is 23.4 Å². The zero-order valence-corrected chi connectivity index (χ0v) is 14.6. The Kier molecular flexibility index (Phi) is 5.39. The number of amides is 1. The molecular weight excluding hydrogens is 335 g/mol. The first kappa shape index (κ1) is 19.2. The molecule has 0 aliphatic carbocycles. The summed E-state index contributed by atoms with van der Waals surface area (Å²) in [5, 5.41) is 2.74. The van der Waals surface area contributed by atoms with E-state index >= 15 is 0 Å². The number of carbonyl (C=O) groups excluding carboxylic acids is 1. The van der Waals surface area contributed by atoms with Gasteiger partial charge in [-0.15, -0.1) is 0 Å². The van der Waals surface area contributed by atoms with Crippen molar-refractivity contribution >= 4 is 17.5 Å². The third-order valence-corrected chi connectivity index (χ3v) is 3.81. The zero-order valence-electron chi connectivity index (χ0n) is 14.6. The molecule has 1 saturated heterocycles. The Balaban J connectivity index is 2.13. The highest BCUT2D eigenvalue weighted by atomic mass is 19.4. The van der Waals surface area contributed by atoms with E-state index in [0.717, 1.165) is 6.07 Å². The number of benzene rings is 1. The van der Waals surface area contributed by atoms with Gasteiger partial charge < -0.3 is 20.7 Å². The van der Waals surface area contributed by atoms with Crippen LogP contribution in [-0.4, -0.2) is 30.8 Å². The van der Waals surface area contributed by atoms with Crippen molar-refractivity contribution in [2.24, 2.45) is 0 Å². The van der Waals surface area contributed by atoms with Crippen LogP contribution in [-0.2, 0) is 10.9 Å². The van der Waals surface area contributed by atoms with Gasteiger partial charge in [0.2, 0.25) is 0 Å². The van der Waals surface area contributed by atoms with Crippen LogP contribution in [0.3, 0.4) is 0 Å². The van der Waals surface area contributed by atoms with E-state index in [4.69, 9.17) is 10.5 Å². The molecule has 1 fully saturated rings. The molecule has 8 heteroatoms. The van der Waals surface area contributed by atoms with E-state index in [2.05, 4.69) is 5.32 Å². The number of rotatable bonds is 2. The van der Waals surface area contributed by atoms with Gasteiger partial charge in [-0.1, -0.05) is 0 Å². The highest BCUT2D eigenvalue weighted by Gasteiger charge is 2.36. The Morgan fingerprint density at radius 1 is 1.32 bits per heavy atom. The van der Waals surface area contributed by atoms with Crippen molar-refractivity contribution in [1.29, 1.82) is 0 Å². The molecule has 5 nitrogen and oxygen atoms in total. The summed E-state index contributed by atoms with van der Waals surface area (Å²) in [5.74, 6) is 0. The molecule has 2 rings (SSSR count). The Bertz CT molecular complexity index is 627. The highest BCUT2D eigenvalue weighted by molar-refractivity contribution is 5.68. The van der Waals surface area contributed by atoms with Gasteiger partial charge in [0.05, 0.1) is 5.56 Å². The van der Waals surface area contributed by atoms with Crippen LogP contribution in [0.1, 0.15) is 39.2 Å². The van der Waals surface area contributed by atoms with Crippen LogP contribution < -0.4 is 16.0 Å². The van der Waals surface area contributed by atoms with Gasteiger partial charge in [-0.2, -0.15) is 13.2 Å². The van der Waals surface area contributed by atoms with E-state index in [1.165, 1.54) is 12.1 Å². The number of nitrogens with zero attached hydrogens (tertiary/aromatic N) is 1. The number of ether oxygens (including phenoxy) is 1. The number of anilines is 2. The van der Waals surface area contributed by atoms with E-state index in [1.54, 1.807) is 25.7 Å². The number of nitrogens with two attached hydrogens (primary N) is 1. The van der Waals surface area contributed by atoms with Crippen molar-refractivity contribution in [3.8, 4) is 0 Å². The summed E-state index contributed by atoms with van der Waals surface area (Å²) < 4.78 is 45.1. The van der Waals surface area contributed by atoms with Gasteiger partial charge in [0.15, 0.2) is 0 Å². The second-order valence-corrected chi connectivity index (χ2v) is 7.21. The van der Waals surface area contributed by atoms with Crippen molar-refractivity contribution in [2.75, 3.05) is 23.7 Å². The van der Waals surface area contributed by atoms with Crippen LogP contribution in [0.15, 0.2) is 18.2 Å². The molecule has 1 heterocycles. The molecule has 0 unspecified atom stereocenters. The molecule has 1 aromatic rings. The summed E-state index contributed by atoms with van der Waals surface area (Å²) in [6.07, 6.45) is -3.70. The average Bonchev–Trinajstić information content (AvgIpc) is 2.44. The molecule has 0 aromatic heterocycles. The lowest BCUT2D eigenvalue weighted by atomic mass is 10.0. The average molecular weight is 359 g/mol. The number of carbonyl (C=O) groups is 1. The second kappa shape index (κ2) is 7.01. The first-order valence-electron chi connectivity index (χ1n) is 8.17. The maximum absolute atomic E-state index is 13.3. The summed E-state index contributed by atoms with van der Waals surface area (Å²) in [6, 6.07) is 3.51. The van der Waals surface area contributed by atoms with Crippen LogP contribution in [0, 0.1) is 0 Å². The fraction of sp³-hybridized carbons (Fsp3) is 0.588. The number of halogens is 3. The van der Waals surface area contributed by atoms with Crippen molar-refractivity contribution in [3.63, 3.8) is 0 Å². The van der Waals surface area contributed by atoms with Crippen molar-refractivity contribution < 1.29 is 22.7 Å². The Labute approximate surface area is 145 Å². The molecular formula is C17H24F3N3O2. The molecule has 1 aliphatic rings. The molecule has 3 N–H and O–H groups in total. The van der Waals surface area contributed by atoms with E-state index in [9.17, 15) is 18.0 Å². The largest absolute Gasteiger partial charge is 0.444 e. The van der Waals surface area contributed by atoms with Gasteiger partial charge in [0, 0.05) is 30.5 Å². The SMILES string of the molecule is CC(C)(C)OC(=O)N[C@@H]1CCCN(c2ccc(N)cc2C(F)(F)F)C1. The summed E-state index contributed by atoms with van der Waals surface area (Å²) in [4.78, 5) is 13.5. The lowest BCUT2D eigenvalue weighted by Crippen LogP contribution is -2.49. The van der Waals surface area contributed by atoms with Gasteiger partial charge in [0.25, 0.3) is 0 Å². The van der Waals surface area contributed by atoms with Gasteiger partial charge in [-0.05, 0) is 51.8 Å². The minimum Gasteiger partial charge on any atom is -0.444 e. The number of nitrogen functional groups attached to an aromatic ring is 1. The fourth-order valence-electron chi connectivity index (χ4n) is 2.84. The van der Waals surface area contributed by atoms with Crippen LogP contribution in [0.5, 0.6) is 0 Å². The molecule has 25 heavy (non-hydrogen) atoms. The Morgan fingerprint density at radius 2 is 2.00 bits per heavy atom. The maximum Gasteiger partial charge on any atom is 0.418 e. The minimum absolute atomic E-state index is 0.0662. The van der Waals surface area contributed by atoms with Crippen LogP contribution >= 0.6 is 0 Å². The topological polar surface area (TPSA) is 67.6 Å². The first-order chi connectivity index (χ1) is 11.5. The summed E-state index contributed by atoms with van der Waals surface area (Å²) in [6.45, 7) is 6.03. The molecule has 1 aromatic carbocycles. The third-order valence-electron chi connectivity index (χ3n) is 3.81. The number of alkyl halides is 3. The van der Waals surface area contributed by atoms with Gasteiger partial charge in [-0.25, -0.2) is 4.79 Å². The zero-order chi connectivity index (χ0) is 18.8. The summed E-state index contributed by atoms with van der Waals surface area (Å²) in [5.41, 5.74) is 4.28. The number of piperidine rings is 1. The number of nitrogens with one attached hydrogen (secondary N) is 1. The molecule has 1 amide bonds. The normalized spacial score (nSPS) is 18.8. The first-order valence-corrected chi connectivity index (χ1v) is 8.17. The van der Waals surface area contributed by atoms with Gasteiger partial charge >= 0.3 is 12.3 Å². The number of hydrogen-bond acceptors (Lipinski definition) is 4. The fourth-order valence-corrected chi connectivity index (χ4v) is 2.84. The van der Waals surface area contributed by atoms with E-state index in [0.29, 0.717) is 19.4 Å². The second-order valence-electron chi connectivity index (χ2n) is 7.21. The van der Waals surface area contributed by atoms with Gasteiger partial charge in [0.1, 0.15) is 5.60 Å². The molecule has 0 spiro atoms. The quantitative estimate of drug-likeness (QED) is 0.789. The number of hydrogen-bond donors (Lipinski definition) is 2. The number of alkyl carbamates (subject to hydrolysis) is 1. The predicted octanol–water partition coefficient (Wildman–Crippen LogP) is 3.78. The molecule has 1 aliphatic heterocycles. The van der Waals surface area contributed by atoms with Crippen LogP contribution in [0.2, 0.25) is 0 Å². The van der Waals surface area contributed by atoms with Crippen molar-refractivity contribution in [3.05, 3.63) is 23.8 Å². The minimum atomic E-state index is -4.49. The predicted molar refractivity (Wildman–Crippen MR) is 90.5 cm³/mol. The lowest BCUT2D eigenvalue weighted by Gasteiger charge is -2.36. The maximum atomic E-state index is 13.3. The van der Waals surface area contributed by atoms with E-state index in [1.807, 2.05) is 0 Å². The van der Waals surface area contributed by atoms with Gasteiger partial charge in [-0.3, -0.25) is 0 Å². The standard InChI is InChI=1S/C17H24F3N3O2/c1-16(2,3)25-15(24)22-12-5-4-8-23(10-12)14-7-6-11(21)9-13(14)17(18,19)20/h6-7,9,12H,4-5,8,10,21H2,1-3H3,(H,22,24)/t12-/m1/s1. The molecule has 1 atom stereocenters. The Hall–Kier alpha value is -2.12. The van der Waals surface area contributed by atoms with E-state index in [-0.39, 0.29) is 24.0 Å². The van der Waals surface area contributed by atoms with Crippen LogP contribution in [0.4, 0.5) is 29.3 Å². The smallest absolute Gasteiger partial charge is 0.418 e. The molecule has 0 bridgehead atoms. The highest BCUT2D eigenvalue weighted by Crippen LogP contribution is 2.38. The summed E-state index contributed by atoms with van der Waals surface area (Å²) >= 11 is 0.